The summed E-state index contributed by atoms with van der Waals surface area (Å²) in [4.78, 5) is 23.2. The number of carbonyl (C=O) groups is 2. The molecule has 4 amide bonds. The third kappa shape index (κ3) is 23.5. The van der Waals surface area contributed by atoms with Crippen LogP contribution >= 0.6 is 21.6 Å². The van der Waals surface area contributed by atoms with E-state index in [0.29, 0.717) is 0 Å². The molecule has 0 aromatic carbocycles. The highest BCUT2D eigenvalue weighted by Gasteiger charge is 2.00. The van der Waals surface area contributed by atoms with Gasteiger partial charge in [0.2, 0.25) is 0 Å². The maximum absolute atomic E-state index is 11.6. The van der Waals surface area contributed by atoms with E-state index < -0.39 is 0 Å². The van der Waals surface area contributed by atoms with Crippen LogP contribution in [0.3, 0.4) is 0 Å². The second-order valence-electron chi connectivity index (χ2n) is 7.54. The average Bonchev–Trinajstić information content (AvgIpc) is 2.74. The van der Waals surface area contributed by atoms with Crippen LogP contribution in [-0.4, -0.2) is 49.7 Å². The molecule has 0 aliphatic carbocycles. The Bertz CT molecular complexity index is 365. The molecule has 4 N–H and O–H groups in total. The largest absolute Gasteiger partial charge is 0.338 e. The standard InChI is InChI=1S/C22H46N4O2S2/c1-3-5-7-9-15-23-21(27)25-17-11-13-19-29-30-20-14-12-18-26-22(28)24-16-10-8-6-4-2/h3-20H2,1-2H3,(H2,23,25,27)(H2,24,26,28). The Kier molecular flexibility index (Phi) is 23.9. The minimum Gasteiger partial charge on any atom is -0.338 e. The number of amides is 4. The lowest BCUT2D eigenvalue weighted by atomic mass is 10.2. The van der Waals surface area contributed by atoms with E-state index in [-0.39, 0.29) is 12.1 Å². The van der Waals surface area contributed by atoms with Crippen molar-refractivity contribution < 1.29 is 9.59 Å². The van der Waals surface area contributed by atoms with Gasteiger partial charge in [0.15, 0.2) is 0 Å². The van der Waals surface area contributed by atoms with E-state index in [1.807, 2.05) is 21.6 Å². The van der Waals surface area contributed by atoms with Crippen molar-refractivity contribution in [1.82, 2.24) is 21.3 Å². The van der Waals surface area contributed by atoms with Gasteiger partial charge in [-0.15, -0.1) is 0 Å². The maximum atomic E-state index is 11.6. The molecular formula is C22H46N4O2S2. The highest BCUT2D eigenvalue weighted by Crippen LogP contribution is 2.23. The van der Waals surface area contributed by atoms with E-state index in [9.17, 15) is 9.59 Å². The Balaban J connectivity index is 3.20. The van der Waals surface area contributed by atoms with Crippen molar-refractivity contribution >= 4 is 33.7 Å². The van der Waals surface area contributed by atoms with Crippen LogP contribution in [0.4, 0.5) is 9.59 Å². The maximum Gasteiger partial charge on any atom is 0.314 e. The number of hydrogen-bond donors (Lipinski definition) is 4. The van der Waals surface area contributed by atoms with Gasteiger partial charge in [0.05, 0.1) is 0 Å². The second-order valence-corrected chi connectivity index (χ2v) is 10.2. The first-order valence-electron chi connectivity index (χ1n) is 12.0. The van der Waals surface area contributed by atoms with Crippen LogP contribution < -0.4 is 21.3 Å². The fourth-order valence-electron chi connectivity index (χ4n) is 2.73. The third-order valence-corrected chi connectivity index (χ3v) is 7.17. The average molecular weight is 463 g/mol. The van der Waals surface area contributed by atoms with E-state index >= 15 is 0 Å². The number of rotatable bonds is 21. The van der Waals surface area contributed by atoms with E-state index in [4.69, 9.17) is 0 Å². The Morgan fingerprint density at radius 3 is 1.17 bits per heavy atom. The van der Waals surface area contributed by atoms with E-state index in [2.05, 4.69) is 35.1 Å². The van der Waals surface area contributed by atoms with Gasteiger partial charge in [-0.3, -0.25) is 0 Å². The lowest BCUT2D eigenvalue weighted by molar-refractivity contribution is 0.239. The van der Waals surface area contributed by atoms with Gasteiger partial charge in [-0.05, 0) is 38.5 Å². The zero-order chi connectivity index (χ0) is 22.1. The summed E-state index contributed by atoms with van der Waals surface area (Å²) in [6, 6.07) is -0.0698. The van der Waals surface area contributed by atoms with Gasteiger partial charge in [-0.1, -0.05) is 74.0 Å². The molecule has 30 heavy (non-hydrogen) atoms. The summed E-state index contributed by atoms with van der Waals surface area (Å²) < 4.78 is 0. The molecule has 0 atom stereocenters. The van der Waals surface area contributed by atoms with Gasteiger partial charge < -0.3 is 21.3 Å². The number of nitrogens with one attached hydrogen (secondary N) is 4. The molecule has 0 saturated heterocycles. The molecule has 8 heteroatoms. The number of unbranched alkanes of at least 4 members (excludes halogenated alkanes) is 8. The summed E-state index contributed by atoms with van der Waals surface area (Å²) in [5.41, 5.74) is 0. The monoisotopic (exact) mass is 462 g/mol. The quantitative estimate of drug-likeness (QED) is 0.130. The van der Waals surface area contributed by atoms with Crippen LogP contribution in [0.15, 0.2) is 0 Å². The second kappa shape index (κ2) is 24.5. The minimum atomic E-state index is -0.0349. The topological polar surface area (TPSA) is 82.3 Å². The Morgan fingerprint density at radius 1 is 0.500 bits per heavy atom. The molecule has 6 nitrogen and oxygen atoms in total. The SMILES string of the molecule is CCCCCCNC(=O)NCCCCSSCCCCNC(=O)NCCCCCC. The van der Waals surface area contributed by atoms with Crippen molar-refractivity contribution in [3.8, 4) is 0 Å². The van der Waals surface area contributed by atoms with Gasteiger partial charge in [0, 0.05) is 37.7 Å². The molecule has 0 saturated carbocycles. The third-order valence-electron chi connectivity index (χ3n) is 4.60. The molecule has 0 aromatic heterocycles. The zero-order valence-corrected chi connectivity index (χ0v) is 21.0. The zero-order valence-electron chi connectivity index (χ0n) is 19.4. The minimum absolute atomic E-state index is 0.0349. The van der Waals surface area contributed by atoms with Crippen LogP contribution in [0, 0.1) is 0 Å². The molecule has 0 unspecified atom stereocenters. The van der Waals surface area contributed by atoms with Gasteiger partial charge in [-0.25, -0.2) is 9.59 Å². The molecule has 0 rings (SSSR count). The lowest BCUT2D eigenvalue weighted by Crippen LogP contribution is -2.36. The van der Waals surface area contributed by atoms with E-state index in [0.717, 1.165) is 76.2 Å². The van der Waals surface area contributed by atoms with Crippen molar-refractivity contribution in [3.05, 3.63) is 0 Å². The molecule has 0 aliphatic heterocycles. The van der Waals surface area contributed by atoms with E-state index in [1.165, 1.54) is 38.5 Å². The molecule has 0 aromatic rings. The molecule has 0 heterocycles. The molecule has 0 aliphatic rings. The summed E-state index contributed by atoms with van der Waals surface area (Å²) in [5.74, 6) is 2.23. The number of hydrogen-bond acceptors (Lipinski definition) is 4. The van der Waals surface area contributed by atoms with Crippen molar-refractivity contribution in [2.24, 2.45) is 0 Å². The van der Waals surface area contributed by atoms with Crippen LogP contribution in [0.2, 0.25) is 0 Å². The molecule has 0 bridgehead atoms. The van der Waals surface area contributed by atoms with Crippen molar-refractivity contribution in [2.75, 3.05) is 37.7 Å². The van der Waals surface area contributed by atoms with Gasteiger partial charge in [0.1, 0.15) is 0 Å². The summed E-state index contributed by atoms with van der Waals surface area (Å²) in [6.07, 6.45) is 13.7. The lowest BCUT2D eigenvalue weighted by Gasteiger charge is -2.08. The van der Waals surface area contributed by atoms with Gasteiger partial charge in [-0.2, -0.15) is 0 Å². The van der Waals surface area contributed by atoms with Gasteiger partial charge in [0.25, 0.3) is 0 Å². The fraction of sp³-hybridized carbons (Fsp3) is 0.909. The summed E-state index contributed by atoms with van der Waals surface area (Å²) in [5, 5.41) is 11.7. The summed E-state index contributed by atoms with van der Waals surface area (Å²) in [7, 11) is 3.81. The van der Waals surface area contributed by atoms with Crippen molar-refractivity contribution in [2.45, 2.75) is 90.9 Å². The Labute approximate surface area is 193 Å². The molecule has 178 valence electrons. The molecular weight excluding hydrogens is 416 g/mol. The highest BCUT2D eigenvalue weighted by atomic mass is 33.1. The van der Waals surface area contributed by atoms with Gasteiger partial charge >= 0.3 is 12.1 Å². The summed E-state index contributed by atoms with van der Waals surface area (Å²) >= 11 is 0. The molecule has 0 spiro atoms. The van der Waals surface area contributed by atoms with Crippen LogP contribution in [0.5, 0.6) is 0 Å². The van der Waals surface area contributed by atoms with Crippen molar-refractivity contribution in [3.63, 3.8) is 0 Å². The van der Waals surface area contributed by atoms with Crippen LogP contribution in [0.1, 0.15) is 90.9 Å². The number of urea groups is 2. The Hall–Kier alpha value is -0.760. The molecule has 0 radical (unpaired) electrons. The Morgan fingerprint density at radius 2 is 0.833 bits per heavy atom. The first-order chi connectivity index (χ1) is 14.7. The van der Waals surface area contributed by atoms with Crippen LogP contribution in [0.25, 0.3) is 0 Å². The predicted octanol–water partition coefficient (Wildman–Crippen LogP) is 5.69. The van der Waals surface area contributed by atoms with Crippen molar-refractivity contribution in [1.29, 1.82) is 0 Å². The number of carbonyl (C=O) groups excluding carboxylic acids is 2. The molecule has 0 fully saturated rings. The smallest absolute Gasteiger partial charge is 0.314 e. The highest BCUT2D eigenvalue weighted by molar-refractivity contribution is 8.76. The first-order valence-corrected chi connectivity index (χ1v) is 14.5. The fourth-order valence-corrected chi connectivity index (χ4v) is 5.02. The van der Waals surface area contributed by atoms with Crippen LogP contribution in [-0.2, 0) is 0 Å². The normalized spacial score (nSPS) is 10.6. The summed E-state index contributed by atoms with van der Waals surface area (Å²) in [6.45, 7) is 7.42. The van der Waals surface area contributed by atoms with E-state index in [1.54, 1.807) is 0 Å². The predicted molar refractivity (Wildman–Crippen MR) is 134 cm³/mol. The first kappa shape index (κ1) is 29.2.